The third kappa shape index (κ3) is 4.07. The standard InChI is InChI=1S/C24H24N4O4S/c1-6-26-23(30)17-7-15-16(11-28(5)24(31)20(15)27-17)22-18(8-19(33-22)14(4)29)32-21-12(2)9-25-10-13(21)3/h7-11,27H,6H2,1-5H3,(H,26,30). The van der Waals surface area contributed by atoms with Crippen molar-refractivity contribution in [3.8, 4) is 21.9 Å². The van der Waals surface area contributed by atoms with Gasteiger partial charge < -0.3 is 19.6 Å². The molecular formula is C24H24N4O4S. The number of Topliss-reactive ketones (excluding diaryl/α,β-unsaturated/α-hetero) is 1. The number of nitrogens with zero attached hydrogens (tertiary/aromatic N) is 2. The summed E-state index contributed by atoms with van der Waals surface area (Å²) in [5.41, 5.74) is 2.77. The van der Waals surface area contributed by atoms with E-state index in [1.54, 1.807) is 37.8 Å². The van der Waals surface area contributed by atoms with Crippen LogP contribution < -0.4 is 15.6 Å². The molecule has 0 saturated carbocycles. The first-order valence-electron chi connectivity index (χ1n) is 10.5. The summed E-state index contributed by atoms with van der Waals surface area (Å²) in [5, 5.41) is 3.33. The summed E-state index contributed by atoms with van der Waals surface area (Å²) in [6.07, 6.45) is 5.14. The number of aromatic amines is 1. The molecule has 33 heavy (non-hydrogen) atoms. The van der Waals surface area contributed by atoms with Crippen molar-refractivity contribution in [3.63, 3.8) is 0 Å². The van der Waals surface area contributed by atoms with E-state index in [1.807, 2.05) is 20.8 Å². The molecule has 0 aliphatic rings. The maximum absolute atomic E-state index is 12.8. The van der Waals surface area contributed by atoms with E-state index in [0.717, 1.165) is 11.1 Å². The first kappa shape index (κ1) is 22.5. The largest absolute Gasteiger partial charge is 0.455 e. The number of ether oxygens (including phenoxy) is 1. The zero-order valence-corrected chi connectivity index (χ0v) is 19.8. The zero-order valence-electron chi connectivity index (χ0n) is 19.0. The first-order valence-corrected chi connectivity index (χ1v) is 11.3. The number of H-pyrrole nitrogens is 1. The van der Waals surface area contributed by atoms with E-state index in [1.165, 1.54) is 22.8 Å². The zero-order chi connectivity index (χ0) is 23.9. The van der Waals surface area contributed by atoms with Crippen molar-refractivity contribution >= 4 is 33.9 Å². The van der Waals surface area contributed by atoms with E-state index < -0.39 is 0 Å². The van der Waals surface area contributed by atoms with Crippen LogP contribution in [-0.4, -0.2) is 32.8 Å². The lowest BCUT2D eigenvalue weighted by atomic mass is 10.1. The molecule has 4 heterocycles. The molecule has 1 amide bonds. The van der Waals surface area contributed by atoms with Crippen LogP contribution >= 0.6 is 11.3 Å². The lowest BCUT2D eigenvalue weighted by molar-refractivity contribution is 0.0950. The van der Waals surface area contributed by atoms with Gasteiger partial charge in [-0.15, -0.1) is 11.3 Å². The first-order chi connectivity index (χ1) is 15.7. The smallest absolute Gasteiger partial charge is 0.274 e. The molecule has 0 atom stereocenters. The number of ketones is 1. The second-order valence-corrected chi connectivity index (χ2v) is 8.91. The number of rotatable bonds is 6. The number of fused-ring (bicyclic) bond motifs is 1. The van der Waals surface area contributed by atoms with Gasteiger partial charge in [0.2, 0.25) is 0 Å². The van der Waals surface area contributed by atoms with Gasteiger partial charge in [0, 0.05) is 60.3 Å². The Kier molecular flexibility index (Phi) is 5.90. The number of nitrogens with one attached hydrogen (secondary N) is 2. The number of hydrogen-bond donors (Lipinski definition) is 2. The monoisotopic (exact) mass is 464 g/mol. The minimum Gasteiger partial charge on any atom is -0.455 e. The number of amides is 1. The summed E-state index contributed by atoms with van der Waals surface area (Å²) in [6, 6.07) is 3.38. The number of aromatic nitrogens is 3. The molecule has 170 valence electrons. The van der Waals surface area contributed by atoms with Crippen molar-refractivity contribution in [1.29, 1.82) is 0 Å². The summed E-state index contributed by atoms with van der Waals surface area (Å²) < 4.78 is 7.76. The van der Waals surface area contributed by atoms with Crippen LogP contribution in [0.2, 0.25) is 0 Å². The van der Waals surface area contributed by atoms with Crippen LogP contribution in [0.1, 0.15) is 45.1 Å². The van der Waals surface area contributed by atoms with Crippen molar-refractivity contribution in [3.05, 3.63) is 62.8 Å². The van der Waals surface area contributed by atoms with Crippen LogP contribution in [0.4, 0.5) is 0 Å². The average molecular weight is 465 g/mol. The Morgan fingerprint density at radius 2 is 1.91 bits per heavy atom. The van der Waals surface area contributed by atoms with Crippen molar-refractivity contribution in [2.75, 3.05) is 6.54 Å². The number of pyridine rings is 2. The molecule has 4 rings (SSSR count). The van der Waals surface area contributed by atoms with Gasteiger partial charge in [0.25, 0.3) is 11.5 Å². The molecule has 0 saturated heterocycles. The molecule has 4 aromatic rings. The Hall–Kier alpha value is -3.72. The number of thiophene rings is 1. The molecule has 0 aliphatic heterocycles. The highest BCUT2D eigenvalue weighted by molar-refractivity contribution is 7.18. The molecule has 4 aromatic heterocycles. The molecule has 9 heteroatoms. The van der Waals surface area contributed by atoms with Gasteiger partial charge in [-0.1, -0.05) is 0 Å². The van der Waals surface area contributed by atoms with Gasteiger partial charge in [-0.05, 0) is 33.8 Å². The second kappa shape index (κ2) is 8.67. The van der Waals surface area contributed by atoms with E-state index in [-0.39, 0.29) is 17.2 Å². The number of carbonyl (C=O) groups is 2. The summed E-state index contributed by atoms with van der Waals surface area (Å²) >= 11 is 1.29. The number of aryl methyl sites for hydroxylation is 3. The number of carbonyl (C=O) groups excluding carboxylic acids is 2. The number of hydrogen-bond acceptors (Lipinski definition) is 6. The molecule has 0 radical (unpaired) electrons. The topological polar surface area (TPSA) is 106 Å². The molecule has 0 spiro atoms. The normalized spacial score (nSPS) is 11.1. The Morgan fingerprint density at radius 3 is 2.55 bits per heavy atom. The Bertz CT molecular complexity index is 1440. The summed E-state index contributed by atoms with van der Waals surface area (Å²) in [6.45, 7) is 7.61. The molecule has 0 aliphatic carbocycles. The highest BCUT2D eigenvalue weighted by Gasteiger charge is 2.22. The Labute approximate surface area is 194 Å². The van der Waals surface area contributed by atoms with Crippen LogP contribution in [0, 0.1) is 13.8 Å². The Morgan fingerprint density at radius 1 is 1.21 bits per heavy atom. The predicted molar refractivity (Wildman–Crippen MR) is 129 cm³/mol. The fourth-order valence-corrected chi connectivity index (χ4v) is 4.67. The van der Waals surface area contributed by atoms with Gasteiger partial charge >= 0.3 is 0 Å². The maximum Gasteiger partial charge on any atom is 0.274 e. The maximum atomic E-state index is 12.8. The fraction of sp³-hybridized carbons (Fsp3) is 0.250. The molecule has 0 aromatic carbocycles. The molecule has 0 unspecified atom stereocenters. The predicted octanol–water partition coefficient (Wildman–Crippen LogP) is 4.35. The average Bonchev–Trinajstić information content (AvgIpc) is 3.39. The van der Waals surface area contributed by atoms with Gasteiger partial charge in [0.05, 0.1) is 9.75 Å². The summed E-state index contributed by atoms with van der Waals surface area (Å²) in [7, 11) is 1.65. The highest BCUT2D eigenvalue weighted by Crippen LogP contribution is 2.44. The van der Waals surface area contributed by atoms with Crippen molar-refractivity contribution in [2.45, 2.75) is 27.7 Å². The quantitative estimate of drug-likeness (QED) is 0.413. The molecule has 8 nitrogen and oxygen atoms in total. The van der Waals surface area contributed by atoms with Gasteiger partial charge in [-0.2, -0.15) is 0 Å². The third-order valence-corrected chi connectivity index (χ3v) is 6.55. The summed E-state index contributed by atoms with van der Waals surface area (Å²) in [5.74, 6) is 0.787. The fourth-order valence-electron chi connectivity index (χ4n) is 3.66. The molecule has 0 fully saturated rings. The lowest BCUT2D eigenvalue weighted by Crippen LogP contribution is -2.23. The van der Waals surface area contributed by atoms with Crippen molar-refractivity contribution in [1.82, 2.24) is 19.9 Å². The van der Waals surface area contributed by atoms with Gasteiger partial charge in [0.15, 0.2) is 5.78 Å². The van der Waals surface area contributed by atoms with Gasteiger partial charge in [-0.25, -0.2) is 0 Å². The minimum absolute atomic E-state index is 0.0857. The van der Waals surface area contributed by atoms with E-state index >= 15 is 0 Å². The highest BCUT2D eigenvalue weighted by atomic mass is 32.1. The van der Waals surface area contributed by atoms with E-state index in [9.17, 15) is 14.4 Å². The van der Waals surface area contributed by atoms with E-state index in [4.69, 9.17) is 4.74 Å². The van der Waals surface area contributed by atoms with Crippen LogP contribution in [0.5, 0.6) is 11.5 Å². The molecule has 2 N–H and O–H groups in total. The van der Waals surface area contributed by atoms with Crippen LogP contribution in [-0.2, 0) is 7.05 Å². The Balaban J connectivity index is 1.96. The van der Waals surface area contributed by atoms with Crippen molar-refractivity contribution in [2.24, 2.45) is 7.05 Å². The van der Waals surface area contributed by atoms with Crippen molar-refractivity contribution < 1.29 is 14.3 Å². The molecule has 0 bridgehead atoms. The van der Waals surface area contributed by atoms with Crippen LogP contribution in [0.25, 0.3) is 21.3 Å². The minimum atomic E-state index is -0.295. The van der Waals surface area contributed by atoms with Gasteiger partial charge in [0.1, 0.15) is 22.7 Å². The SMILES string of the molecule is CCNC(=O)c1cc2c(-c3sc(C(C)=O)cc3Oc3c(C)cncc3C)cn(C)c(=O)c2[nH]1. The lowest BCUT2D eigenvalue weighted by Gasteiger charge is -2.12. The second-order valence-electron chi connectivity index (χ2n) is 7.85. The van der Waals surface area contributed by atoms with E-state index in [2.05, 4.69) is 15.3 Å². The van der Waals surface area contributed by atoms with Crippen LogP contribution in [0.3, 0.4) is 0 Å². The third-order valence-electron chi connectivity index (χ3n) is 5.30. The summed E-state index contributed by atoms with van der Waals surface area (Å²) in [4.78, 5) is 45.8. The molecular weight excluding hydrogens is 440 g/mol. The van der Waals surface area contributed by atoms with Crippen LogP contribution in [0.15, 0.2) is 35.5 Å². The van der Waals surface area contributed by atoms with Gasteiger partial charge in [-0.3, -0.25) is 19.4 Å². The van der Waals surface area contributed by atoms with E-state index in [0.29, 0.717) is 50.0 Å².